The number of carbonyl (C=O) groups is 2. The van der Waals surface area contributed by atoms with Gasteiger partial charge in [0.1, 0.15) is 11.5 Å². The first-order chi connectivity index (χ1) is 13.6. The molecule has 0 unspecified atom stereocenters. The maximum absolute atomic E-state index is 12.2. The highest BCUT2D eigenvalue weighted by molar-refractivity contribution is 5.92. The highest BCUT2D eigenvalue weighted by atomic mass is 16.5. The fourth-order valence-corrected chi connectivity index (χ4v) is 3.26. The first kappa shape index (κ1) is 19.7. The smallest absolute Gasteiger partial charge is 0.258 e. The number of ether oxygens (including phenoxy) is 2. The number of hydrogen-bond donors (Lipinski definition) is 2. The summed E-state index contributed by atoms with van der Waals surface area (Å²) < 4.78 is 10.5. The van der Waals surface area contributed by atoms with Crippen molar-refractivity contribution >= 4 is 17.5 Å². The van der Waals surface area contributed by atoms with Crippen LogP contribution in [0, 0.1) is 5.92 Å². The van der Waals surface area contributed by atoms with Crippen molar-refractivity contribution in [1.29, 1.82) is 0 Å². The zero-order chi connectivity index (χ0) is 19.8. The Morgan fingerprint density at radius 1 is 1.04 bits per heavy atom. The number of carbonyl (C=O) groups excluding carboxylic acids is 2. The molecule has 28 heavy (non-hydrogen) atoms. The Kier molecular flexibility index (Phi) is 6.89. The molecule has 2 amide bonds. The number of rotatable bonds is 8. The van der Waals surface area contributed by atoms with E-state index in [0.717, 1.165) is 42.7 Å². The summed E-state index contributed by atoms with van der Waals surface area (Å²) in [5.74, 6) is 1.34. The molecule has 1 saturated carbocycles. The van der Waals surface area contributed by atoms with Crippen LogP contribution in [0.5, 0.6) is 11.5 Å². The first-order valence-corrected chi connectivity index (χ1v) is 9.57. The molecule has 0 aliphatic heterocycles. The van der Waals surface area contributed by atoms with Crippen molar-refractivity contribution in [2.24, 2.45) is 5.92 Å². The van der Waals surface area contributed by atoms with Crippen LogP contribution in [0.4, 0.5) is 5.69 Å². The number of nitrogens with one attached hydrogen (secondary N) is 2. The molecule has 1 fully saturated rings. The van der Waals surface area contributed by atoms with Crippen molar-refractivity contribution < 1.29 is 19.1 Å². The highest BCUT2D eigenvalue weighted by Gasteiger charge is 2.22. The number of anilines is 1. The van der Waals surface area contributed by atoms with Crippen LogP contribution < -0.4 is 20.1 Å². The van der Waals surface area contributed by atoms with Gasteiger partial charge in [-0.2, -0.15) is 0 Å². The molecule has 0 spiro atoms. The Morgan fingerprint density at radius 3 is 2.46 bits per heavy atom. The monoisotopic (exact) mass is 382 g/mol. The summed E-state index contributed by atoms with van der Waals surface area (Å²) in [6, 6.07) is 14.6. The fraction of sp³-hybridized carbons (Fsp3) is 0.364. The Bertz CT molecular complexity index is 798. The Labute approximate surface area is 165 Å². The molecule has 2 N–H and O–H groups in total. The number of benzene rings is 2. The van der Waals surface area contributed by atoms with Gasteiger partial charge in [-0.25, -0.2) is 0 Å². The van der Waals surface area contributed by atoms with Gasteiger partial charge in [-0.1, -0.05) is 25.0 Å². The summed E-state index contributed by atoms with van der Waals surface area (Å²) in [5, 5.41) is 5.81. The van der Waals surface area contributed by atoms with Crippen molar-refractivity contribution in [1.82, 2.24) is 5.32 Å². The van der Waals surface area contributed by atoms with Crippen molar-refractivity contribution in [3.05, 3.63) is 54.1 Å². The minimum Gasteiger partial charge on any atom is -0.497 e. The first-order valence-electron chi connectivity index (χ1n) is 9.57. The van der Waals surface area contributed by atoms with E-state index in [-0.39, 0.29) is 24.3 Å². The summed E-state index contributed by atoms with van der Waals surface area (Å²) in [7, 11) is 1.60. The average molecular weight is 382 g/mol. The molecule has 148 valence electrons. The second kappa shape index (κ2) is 9.78. The van der Waals surface area contributed by atoms with Gasteiger partial charge >= 0.3 is 0 Å². The predicted octanol–water partition coefficient (Wildman–Crippen LogP) is 3.52. The van der Waals surface area contributed by atoms with Gasteiger partial charge in [0.15, 0.2) is 6.61 Å². The van der Waals surface area contributed by atoms with Crippen LogP contribution in [0.1, 0.15) is 31.2 Å². The third kappa shape index (κ3) is 5.74. The third-order valence-electron chi connectivity index (χ3n) is 4.84. The van der Waals surface area contributed by atoms with E-state index in [2.05, 4.69) is 10.6 Å². The average Bonchev–Trinajstić information content (AvgIpc) is 3.26. The molecule has 1 aliphatic carbocycles. The summed E-state index contributed by atoms with van der Waals surface area (Å²) in [4.78, 5) is 24.3. The van der Waals surface area contributed by atoms with Gasteiger partial charge in [-0.3, -0.25) is 9.59 Å². The van der Waals surface area contributed by atoms with E-state index in [0.29, 0.717) is 12.3 Å². The van der Waals surface area contributed by atoms with E-state index in [1.807, 2.05) is 24.3 Å². The lowest BCUT2D eigenvalue weighted by atomic mass is 10.1. The van der Waals surface area contributed by atoms with E-state index in [1.54, 1.807) is 31.4 Å². The van der Waals surface area contributed by atoms with Crippen molar-refractivity contribution in [3.63, 3.8) is 0 Å². The molecule has 3 rings (SSSR count). The Morgan fingerprint density at radius 2 is 1.75 bits per heavy atom. The quantitative estimate of drug-likeness (QED) is 0.732. The molecule has 0 atom stereocenters. The van der Waals surface area contributed by atoms with Crippen molar-refractivity contribution in [3.8, 4) is 11.5 Å². The largest absolute Gasteiger partial charge is 0.497 e. The standard InChI is InChI=1S/C22H26N2O4/c1-27-19-9-11-20(12-10-19)28-15-21(25)23-14-16-5-4-8-18(13-16)24-22(26)17-6-2-3-7-17/h4-5,8-13,17H,2-3,6-7,14-15H2,1H3,(H,23,25)(H,24,26). The zero-order valence-electron chi connectivity index (χ0n) is 16.1. The van der Waals surface area contributed by atoms with E-state index in [4.69, 9.17) is 9.47 Å². The van der Waals surface area contributed by atoms with Gasteiger partial charge in [0.05, 0.1) is 7.11 Å². The molecular formula is C22H26N2O4. The van der Waals surface area contributed by atoms with E-state index < -0.39 is 0 Å². The molecule has 0 aromatic heterocycles. The molecule has 0 bridgehead atoms. The topological polar surface area (TPSA) is 76.7 Å². The Balaban J connectivity index is 1.44. The molecule has 2 aromatic carbocycles. The summed E-state index contributed by atoms with van der Waals surface area (Å²) in [6.45, 7) is 0.308. The lowest BCUT2D eigenvalue weighted by Crippen LogP contribution is -2.28. The van der Waals surface area contributed by atoms with Crippen LogP contribution in [0.15, 0.2) is 48.5 Å². The maximum atomic E-state index is 12.2. The fourth-order valence-electron chi connectivity index (χ4n) is 3.26. The Hall–Kier alpha value is -3.02. The molecule has 0 heterocycles. The highest BCUT2D eigenvalue weighted by Crippen LogP contribution is 2.26. The van der Waals surface area contributed by atoms with Crippen LogP contribution >= 0.6 is 0 Å². The van der Waals surface area contributed by atoms with E-state index >= 15 is 0 Å². The molecule has 0 radical (unpaired) electrons. The SMILES string of the molecule is COc1ccc(OCC(=O)NCc2cccc(NC(=O)C3CCCC3)c2)cc1. The van der Waals surface area contributed by atoms with E-state index in [9.17, 15) is 9.59 Å². The van der Waals surface area contributed by atoms with Gasteiger partial charge in [0.25, 0.3) is 5.91 Å². The minimum atomic E-state index is -0.212. The van der Waals surface area contributed by atoms with Gasteiger partial charge in [0.2, 0.25) is 5.91 Å². The molecule has 2 aromatic rings. The number of amides is 2. The van der Waals surface area contributed by atoms with Crippen LogP contribution in [0.3, 0.4) is 0 Å². The summed E-state index contributed by atoms with van der Waals surface area (Å²) in [5.41, 5.74) is 1.68. The zero-order valence-corrected chi connectivity index (χ0v) is 16.1. The van der Waals surface area contributed by atoms with Gasteiger partial charge in [-0.15, -0.1) is 0 Å². The van der Waals surface area contributed by atoms with E-state index in [1.165, 1.54) is 0 Å². The van der Waals surface area contributed by atoms with Crippen LogP contribution in [-0.4, -0.2) is 25.5 Å². The number of hydrogen-bond acceptors (Lipinski definition) is 4. The minimum absolute atomic E-state index is 0.0650. The van der Waals surface area contributed by atoms with Crippen LogP contribution in [0.2, 0.25) is 0 Å². The van der Waals surface area contributed by atoms with Crippen molar-refractivity contribution in [2.75, 3.05) is 19.0 Å². The predicted molar refractivity (Wildman–Crippen MR) is 107 cm³/mol. The molecular weight excluding hydrogens is 356 g/mol. The second-order valence-electron chi connectivity index (χ2n) is 6.91. The summed E-state index contributed by atoms with van der Waals surface area (Å²) in [6.07, 6.45) is 4.19. The molecule has 6 nitrogen and oxygen atoms in total. The molecule has 6 heteroatoms. The lowest BCUT2D eigenvalue weighted by Gasteiger charge is -2.12. The normalized spacial score (nSPS) is 13.8. The van der Waals surface area contributed by atoms with Crippen molar-refractivity contribution in [2.45, 2.75) is 32.2 Å². The third-order valence-corrected chi connectivity index (χ3v) is 4.84. The lowest BCUT2D eigenvalue weighted by molar-refractivity contribution is -0.123. The number of methoxy groups -OCH3 is 1. The summed E-state index contributed by atoms with van der Waals surface area (Å²) >= 11 is 0. The van der Waals surface area contributed by atoms with Crippen LogP contribution in [0.25, 0.3) is 0 Å². The van der Waals surface area contributed by atoms with Gasteiger partial charge in [0, 0.05) is 18.2 Å². The van der Waals surface area contributed by atoms with Gasteiger partial charge < -0.3 is 20.1 Å². The van der Waals surface area contributed by atoms with Crippen LogP contribution in [-0.2, 0) is 16.1 Å². The molecule has 0 saturated heterocycles. The van der Waals surface area contributed by atoms with Gasteiger partial charge in [-0.05, 0) is 54.8 Å². The maximum Gasteiger partial charge on any atom is 0.258 e. The second-order valence-corrected chi connectivity index (χ2v) is 6.91. The molecule has 1 aliphatic rings.